The Morgan fingerprint density at radius 2 is 1.89 bits per heavy atom. The zero-order valence-corrected chi connectivity index (χ0v) is 17.7. The predicted molar refractivity (Wildman–Crippen MR) is 116 cm³/mol. The molecule has 0 aliphatic carbocycles. The van der Waals surface area contributed by atoms with Crippen LogP contribution in [-0.4, -0.2) is 37.0 Å². The Balaban J connectivity index is 1.58. The van der Waals surface area contributed by atoms with Gasteiger partial charge in [0.25, 0.3) is 5.91 Å². The topological polar surface area (TPSA) is 41.6 Å². The minimum atomic E-state index is -0.0184. The number of thiophene rings is 1. The molecule has 1 aromatic carbocycles. The molecule has 0 saturated carbocycles. The highest BCUT2D eigenvalue weighted by molar-refractivity contribution is 7.07. The number of unbranched alkanes of at least 4 members (excludes halogenated alkanes) is 1. The van der Waals surface area contributed by atoms with E-state index in [4.69, 9.17) is 4.74 Å². The van der Waals surface area contributed by atoms with Gasteiger partial charge in [0.2, 0.25) is 0 Å². The maximum absolute atomic E-state index is 12.7. The standard InChI is InChI=1S/C23H32N2O2S/c1-2-3-15-27-21-10-8-19(9-11-21)23(26)24-17-22(20-12-16-28-18-20)25-13-6-4-5-7-14-25/h8-12,16,18,22H,2-7,13-15,17H2,1H3,(H,24,26)/t22-/m0/s1. The van der Waals surface area contributed by atoms with Crippen molar-refractivity contribution in [2.45, 2.75) is 51.5 Å². The number of carbonyl (C=O) groups excluding carboxylic acids is 1. The summed E-state index contributed by atoms with van der Waals surface area (Å²) >= 11 is 1.72. The van der Waals surface area contributed by atoms with E-state index in [1.165, 1.54) is 31.2 Å². The molecule has 1 aromatic heterocycles. The number of benzene rings is 1. The number of hydrogen-bond acceptors (Lipinski definition) is 4. The fraction of sp³-hybridized carbons (Fsp3) is 0.522. The molecule has 2 heterocycles. The van der Waals surface area contributed by atoms with Crippen LogP contribution in [-0.2, 0) is 0 Å². The quantitative estimate of drug-likeness (QED) is 0.583. The lowest BCUT2D eigenvalue weighted by atomic mass is 10.1. The van der Waals surface area contributed by atoms with Crippen molar-refractivity contribution >= 4 is 17.2 Å². The van der Waals surface area contributed by atoms with Crippen molar-refractivity contribution in [1.82, 2.24) is 10.2 Å². The number of ether oxygens (including phenoxy) is 1. The molecule has 4 nitrogen and oxygen atoms in total. The van der Waals surface area contributed by atoms with Gasteiger partial charge in [0.15, 0.2) is 0 Å². The van der Waals surface area contributed by atoms with Gasteiger partial charge < -0.3 is 10.1 Å². The van der Waals surface area contributed by atoms with Gasteiger partial charge in [0.1, 0.15) is 5.75 Å². The molecule has 28 heavy (non-hydrogen) atoms. The summed E-state index contributed by atoms with van der Waals surface area (Å²) in [6.07, 6.45) is 7.27. The van der Waals surface area contributed by atoms with Crippen LogP contribution in [0.1, 0.15) is 67.4 Å². The fourth-order valence-corrected chi connectivity index (χ4v) is 4.36. The molecular formula is C23H32N2O2S. The van der Waals surface area contributed by atoms with Crippen molar-refractivity contribution in [3.05, 3.63) is 52.2 Å². The molecule has 0 bridgehead atoms. The summed E-state index contributed by atoms with van der Waals surface area (Å²) in [5, 5.41) is 7.50. The largest absolute Gasteiger partial charge is 0.494 e. The average molecular weight is 401 g/mol. The number of amides is 1. The number of rotatable bonds is 9. The highest BCUT2D eigenvalue weighted by atomic mass is 32.1. The average Bonchev–Trinajstić information content (AvgIpc) is 3.11. The molecule has 1 amide bonds. The molecule has 2 aromatic rings. The van der Waals surface area contributed by atoms with E-state index in [0.29, 0.717) is 12.1 Å². The number of carbonyl (C=O) groups is 1. The van der Waals surface area contributed by atoms with Gasteiger partial charge in [0, 0.05) is 12.1 Å². The van der Waals surface area contributed by atoms with Crippen LogP contribution in [0, 0.1) is 0 Å². The molecule has 3 rings (SSSR count). The highest BCUT2D eigenvalue weighted by Crippen LogP contribution is 2.25. The first kappa shape index (κ1) is 20.9. The van der Waals surface area contributed by atoms with Gasteiger partial charge >= 0.3 is 0 Å². The lowest BCUT2D eigenvalue weighted by molar-refractivity contribution is 0.0933. The molecule has 1 fully saturated rings. The Morgan fingerprint density at radius 1 is 1.14 bits per heavy atom. The van der Waals surface area contributed by atoms with Crippen molar-refractivity contribution < 1.29 is 9.53 Å². The van der Waals surface area contributed by atoms with Crippen molar-refractivity contribution in [1.29, 1.82) is 0 Å². The van der Waals surface area contributed by atoms with Crippen LogP contribution < -0.4 is 10.1 Å². The van der Waals surface area contributed by atoms with Crippen molar-refractivity contribution in [2.24, 2.45) is 0 Å². The Morgan fingerprint density at radius 3 is 2.54 bits per heavy atom. The molecule has 5 heteroatoms. The number of nitrogens with one attached hydrogen (secondary N) is 1. The zero-order chi connectivity index (χ0) is 19.6. The molecule has 0 radical (unpaired) electrons. The highest BCUT2D eigenvalue weighted by Gasteiger charge is 2.22. The molecule has 1 aliphatic heterocycles. The van der Waals surface area contributed by atoms with Crippen LogP contribution in [0.2, 0.25) is 0 Å². The second-order valence-corrected chi connectivity index (χ2v) is 8.24. The Hall–Kier alpha value is -1.85. The first-order chi connectivity index (χ1) is 13.8. The zero-order valence-electron chi connectivity index (χ0n) is 16.9. The maximum atomic E-state index is 12.7. The monoisotopic (exact) mass is 400 g/mol. The first-order valence-electron chi connectivity index (χ1n) is 10.5. The summed E-state index contributed by atoms with van der Waals surface area (Å²) < 4.78 is 5.68. The van der Waals surface area contributed by atoms with Crippen molar-refractivity contribution in [2.75, 3.05) is 26.2 Å². The summed E-state index contributed by atoms with van der Waals surface area (Å²) in [4.78, 5) is 15.2. The number of hydrogen-bond donors (Lipinski definition) is 1. The van der Waals surface area contributed by atoms with E-state index in [2.05, 4.69) is 34.0 Å². The summed E-state index contributed by atoms with van der Waals surface area (Å²) in [5.41, 5.74) is 2.00. The molecule has 1 N–H and O–H groups in total. The molecule has 1 atom stereocenters. The van der Waals surface area contributed by atoms with E-state index in [1.807, 2.05) is 24.3 Å². The smallest absolute Gasteiger partial charge is 0.251 e. The van der Waals surface area contributed by atoms with Crippen molar-refractivity contribution in [3.8, 4) is 5.75 Å². The molecule has 1 aliphatic rings. The molecule has 1 saturated heterocycles. The fourth-order valence-electron chi connectivity index (χ4n) is 3.66. The van der Waals surface area contributed by atoms with Gasteiger partial charge in [-0.15, -0.1) is 0 Å². The van der Waals surface area contributed by atoms with Gasteiger partial charge in [-0.25, -0.2) is 0 Å². The third-order valence-corrected chi connectivity index (χ3v) is 6.05. The van der Waals surface area contributed by atoms with Crippen LogP contribution >= 0.6 is 11.3 Å². The Bertz CT molecular complexity index is 692. The summed E-state index contributed by atoms with van der Waals surface area (Å²) in [6, 6.07) is 9.91. The van der Waals surface area contributed by atoms with Crippen LogP contribution in [0.15, 0.2) is 41.1 Å². The first-order valence-corrected chi connectivity index (χ1v) is 11.5. The third kappa shape index (κ3) is 6.08. The lowest BCUT2D eigenvalue weighted by Crippen LogP contribution is -2.38. The SMILES string of the molecule is CCCCOc1ccc(C(=O)NC[C@@H](c2ccsc2)N2CCCCCC2)cc1. The molecule has 152 valence electrons. The minimum absolute atomic E-state index is 0.0184. The van der Waals surface area contributed by atoms with E-state index >= 15 is 0 Å². The van der Waals surface area contributed by atoms with Crippen LogP contribution in [0.25, 0.3) is 0 Å². The van der Waals surface area contributed by atoms with E-state index < -0.39 is 0 Å². The summed E-state index contributed by atoms with van der Waals surface area (Å²) in [6.45, 7) is 5.73. The molecule has 0 unspecified atom stereocenters. The minimum Gasteiger partial charge on any atom is -0.494 e. The van der Waals surface area contributed by atoms with E-state index in [9.17, 15) is 4.79 Å². The third-order valence-electron chi connectivity index (χ3n) is 5.35. The van der Waals surface area contributed by atoms with Gasteiger partial charge in [-0.05, 0) is 79.0 Å². The van der Waals surface area contributed by atoms with Gasteiger partial charge in [0.05, 0.1) is 12.6 Å². The summed E-state index contributed by atoms with van der Waals surface area (Å²) in [7, 11) is 0. The number of nitrogens with zero attached hydrogens (tertiary/aromatic N) is 1. The van der Waals surface area contributed by atoms with Crippen LogP contribution in [0.3, 0.4) is 0 Å². The van der Waals surface area contributed by atoms with Crippen molar-refractivity contribution in [3.63, 3.8) is 0 Å². The molecular weight excluding hydrogens is 368 g/mol. The number of likely N-dealkylation sites (tertiary alicyclic amines) is 1. The van der Waals surface area contributed by atoms with E-state index in [1.54, 1.807) is 11.3 Å². The molecule has 0 spiro atoms. The Labute approximate surface area is 172 Å². The van der Waals surface area contributed by atoms with Crippen LogP contribution in [0.4, 0.5) is 0 Å². The van der Waals surface area contributed by atoms with E-state index in [0.717, 1.165) is 38.3 Å². The van der Waals surface area contributed by atoms with Crippen LogP contribution in [0.5, 0.6) is 5.75 Å². The second-order valence-electron chi connectivity index (χ2n) is 7.46. The maximum Gasteiger partial charge on any atom is 0.251 e. The van der Waals surface area contributed by atoms with Gasteiger partial charge in [-0.1, -0.05) is 26.2 Å². The second kappa shape index (κ2) is 11.2. The summed E-state index contributed by atoms with van der Waals surface area (Å²) in [5.74, 6) is 0.806. The Kier molecular flexibility index (Phi) is 8.37. The lowest BCUT2D eigenvalue weighted by Gasteiger charge is -2.30. The van der Waals surface area contributed by atoms with Gasteiger partial charge in [-0.3, -0.25) is 9.69 Å². The van der Waals surface area contributed by atoms with E-state index in [-0.39, 0.29) is 11.9 Å². The predicted octanol–water partition coefficient (Wildman–Crippen LogP) is 5.27. The normalized spacial score (nSPS) is 16.3. The van der Waals surface area contributed by atoms with Gasteiger partial charge in [-0.2, -0.15) is 11.3 Å².